The van der Waals surface area contributed by atoms with E-state index in [0.717, 1.165) is 37.9 Å². The largest absolute Gasteiger partial charge is 0.494 e. The molecule has 0 atom stereocenters. The van der Waals surface area contributed by atoms with Gasteiger partial charge in [0.25, 0.3) is 5.91 Å². The zero-order chi connectivity index (χ0) is 23.4. The van der Waals surface area contributed by atoms with Gasteiger partial charge in [0, 0.05) is 27.2 Å². The normalized spacial score (nSPS) is 17.5. The van der Waals surface area contributed by atoms with E-state index in [1.54, 1.807) is 26.2 Å². The number of hydrogen-bond donors (Lipinski definition) is 0. The van der Waals surface area contributed by atoms with Gasteiger partial charge in [0.1, 0.15) is 5.75 Å². The number of piperidine rings is 1. The molecule has 1 saturated heterocycles. The summed E-state index contributed by atoms with van der Waals surface area (Å²) in [6, 6.07) is 15.3. The molecule has 2 aromatic carbocycles. The van der Waals surface area contributed by atoms with Gasteiger partial charge in [-0.15, -0.1) is 0 Å². The van der Waals surface area contributed by atoms with E-state index in [4.69, 9.17) is 16.3 Å². The number of nitrogens with zero attached hydrogens (tertiary/aromatic N) is 2. The van der Waals surface area contributed by atoms with Gasteiger partial charge >= 0.3 is 0 Å². The molecular formula is C27H33ClN2O3. The molecule has 0 unspecified atom stereocenters. The van der Waals surface area contributed by atoms with E-state index in [9.17, 15) is 9.59 Å². The maximum Gasteiger partial charge on any atom is 0.254 e. The number of benzene rings is 2. The van der Waals surface area contributed by atoms with Crippen LogP contribution in [-0.4, -0.2) is 55.4 Å². The van der Waals surface area contributed by atoms with Gasteiger partial charge in [-0.1, -0.05) is 41.9 Å². The summed E-state index contributed by atoms with van der Waals surface area (Å²) in [5.41, 5.74) is 2.00. The second-order valence-electron chi connectivity index (χ2n) is 9.80. The number of likely N-dealkylation sites (tertiary alicyclic amines) is 1. The van der Waals surface area contributed by atoms with Gasteiger partial charge in [0.15, 0.2) is 0 Å². The monoisotopic (exact) mass is 468 g/mol. The first kappa shape index (κ1) is 23.6. The summed E-state index contributed by atoms with van der Waals surface area (Å²) in [7, 11) is 3.42. The first-order chi connectivity index (χ1) is 15.8. The molecule has 1 aliphatic heterocycles. The van der Waals surface area contributed by atoms with Gasteiger partial charge < -0.3 is 14.5 Å². The highest BCUT2D eigenvalue weighted by Crippen LogP contribution is 2.53. The third-order valence-corrected chi connectivity index (χ3v) is 7.50. The Kier molecular flexibility index (Phi) is 7.28. The molecule has 176 valence electrons. The molecule has 0 N–H and O–H groups in total. The van der Waals surface area contributed by atoms with Crippen LogP contribution >= 0.6 is 11.6 Å². The van der Waals surface area contributed by atoms with Crippen molar-refractivity contribution in [1.29, 1.82) is 0 Å². The molecule has 6 heteroatoms. The molecule has 1 spiro atoms. The molecule has 1 heterocycles. The molecule has 1 saturated carbocycles. The van der Waals surface area contributed by atoms with Crippen molar-refractivity contribution in [2.24, 2.45) is 11.3 Å². The fourth-order valence-corrected chi connectivity index (χ4v) is 5.48. The summed E-state index contributed by atoms with van der Waals surface area (Å²) in [6.45, 7) is 2.41. The average Bonchev–Trinajstić information content (AvgIpc) is 2.78. The first-order valence-corrected chi connectivity index (χ1v) is 12.2. The third kappa shape index (κ3) is 5.70. The maximum absolute atomic E-state index is 12.6. The minimum Gasteiger partial charge on any atom is -0.494 e. The van der Waals surface area contributed by atoms with Crippen molar-refractivity contribution in [2.45, 2.75) is 38.5 Å². The zero-order valence-corrected chi connectivity index (χ0v) is 20.3. The van der Waals surface area contributed by atoms with Crippen LogP contribution in [0.1, 0.15) is 48.0 Å². The predicted molar refractivity (Wildman–Crippen MR) is 131 cm³/mol. The predicted octanol–water partition coefficient (Wildman–Crippen LogP) is 5.07. The summed E-state index contributed by atoms with van der Waals surface area (Å²) in [5.74, 6) is 1.52. The second-order valence-corrected chi connectivity index (χ2v) is 10.2. The van der Waals surface area contributed by atoms with Gasteiger partial charge in [0.2, 0.25) is 5.91 Å². The van der Waals surface area contributed by atoms with E-state index in [2.05, 4.69) is 0 Å². The van der Waals surface area contributed by atoms with E-state index < -0.39 is 0 Å². The molecule has 33 heavy (non-hydrogen) atoms. The number of rotatable bonds is 7. The quantitative estimate of drug-likeness (QED) is 0.569. The fourth-order valence-electron chi connectivity index (χ4n) is 5.23. The second kappa shape index (κ2) is 10.2. The van der Waals surface area contributed by atoms with Crippen LogP contribution in [0.25, 0.3) is 0 Å². The van der Waals surface area contributed by atoms with Crippen LogP contribution in [0, 0.1) is 11.3 Å². The van der Waals surface area contributed by atoms with Crippen molar-refractivity contribution >= 4 is 23.4 Å². The molecule has 0 radical (unpaired) electrons. The number of ether oxygens (including phenoxy) is 1. The van der Waals surface area contributed by atoms with Crippen LogP contribution in [0.15, 0.2) is 48.5 Å². The van der Waals surface area contributed by atoms with E-state index in [-0.39, 0.29) is 11.8 Å². The molecule has 2 fully saturated rings. The summed E-state index contributed by atoms with van der Waals surface area (Å²) in [4.78, 5) is 28.3. The van der Waals surface area contributed by atoms with Gasteiger partial charge in [-0.25, -0.2) is 0 Å². The molecular weight excluding hydrogens is 436 g/mol. The van der Waals surface area contributed by atoms with Crippen molar-refractivity contribution in [2.75, 3.05) is 33.8 Å². The van der Waals surface area contributed by atoms with Crippen molar-refractivity contribution in [1.82, 2.24) is 9.80 Å². The van der Waals surface area contributed by atoms with Crippen molar-refractivity contribution < 1.29 is 14.3 Å². The summed E-state index contributed by atoms with van der Waals surface area (Å²) in [5, 5.41) is 0.419. The lowest BCUT2D eigenvalue weighted by atomic mass is 9.57. The number of carbonyl (C=O) groups is 2. The molecule has 0 bridgehead atoms. The van der Waals surface area contributed by atoms with E-state index in [0.29, 0.717) is 40.7 Å². The van der Waals surface area contributed by atoms with E-state index in [1.165, 1.54) is 17.7 Å². The van der Waals surface area contributed by atoms with Crippen molar-refractivity contribution in [3.63, 3.8) is 0 Å². The van der Waals surface area contributed by atoms with Crippen LogP contribution in [-0.2, 0) is 11.2 Å². The Morgan fingerprint density at radius 3 is 2.42 bits per heavy atom. The van der Waals surface area contributed by atoms with Gasteiger partial charge in [-0.05, 0) is 67.2 Å². The highest BCUT2D eigenvalue weighted by molar-refractivity contribution is 6.34. The number of halogens is 1. The van der Waals surface area contributed by atoms with Crippen molar-refractivity contribution in [3.05, 3.63) is 64.7 Å². The minimum atomic E-state index is -0.112. The molecule has 0 aromatic heterocycles. The lowest BCUT2D eigenvalue weighted by molar-refractivity contribution is -0.134. The molecule has 2 amide bonds. The molecule has 5 nitrogen and oxygen atoms in total. The van der Waals surface area contributed by atoms with Crippen molar-refractivity contribution in [3.8, 4) is 5.75 Å². The van der Waals surface area contributed by atoms with E-state index in [1.807, 2.05) is 41.3 Å². The van der Waals surface area contributed by atoms with Gasteiger partial charge in [-0.3, -0.25) is 9.59 Å². The first-order valence-electron chi connectivity index (χ1n) is 11.8. The molecule has 1 aliphatic carbocycles. The standard InChI is InChI=1S/C27H33ClN2O3/c1-29(2)26(32)23-9-8-22(17-24(23)28)33-15-10-21-18-27(19-21)11-13-30(14-12-27)25(31)16-20-6-4-3-5-7-20/h3-9,17,21H,10-16,18-19H2,1-2H3. The lowest BCUT2D eigenvalue weighted by Gasteiger charge is -2.52. The molecule has 2 aliphatic rings. The van der Waals surface area contributed by atoms with Crippen LogP contribution in [0.3, 0.4) is 0 Å². The SMILES string of the molecule is CN(C)C(=O)c1ccc(OCCC2CC3(CCN(C(=O)Cc4ccccc4)CC3)C2)cc1Cl. The Morgan fingerprint density at radius 1 is 1.09 bits per heavy atom. The molecule has 4 rings (SSSR count). The topological polar surface area (TPSA) is 49.9 Å². The Morgan fingerprint density at radius 2 is 1.79 bits per heavy atom. The molecule has 2 aromatic rings. The Balaban J connectivity index is 1.17. The van der Waals surface area contributed by atoms with E-state index >= 15 is 0 Å². The summed E-state index contributed by atoms with van der Waals surface area (Å²) >= 11 is 6.27. The third-order valence-electron chi connectivity index (χ3n) is 7.19. The highest BCUT2D eigenvalue weighted by Gasteiger charge is 2.45. The zero-order valence-electron chi connectivity index (χ0n) is 19.6. The highest BCUT2D eigenvalue weighted by atomic mass is 35.5. The number of hydrogen-bond acceptors (Lipinski definition) is 3. The lowest BCUT2D eigenvalue weighted by Crippen LogP contribution is -2.49. The van der Waals surface area contributed by atoms with Gasteiger partial charge in [0.05, 0.1) is 23.6 Å². The fraction of sp³-hybridized carbons (Fsp3) is 0.481. The minimum absolute atomic E-state index is 0.112. The number of amides is 2. The van der Waals surface area contributed by atoms with Crippen LogP contribution in [0.2, 0.25) is 5.02 Å². The summed E-state index contributed by atoms with van der Waals surface area (Å²) < 4.78 is 5.91. The van der Waals surface area contributed by atoms with Gasteiger partial charge in [-0.2, -0.15) is 0 Å². The summed E-state index contributed by atoms with van der Waals surface area (Å²) in [6.07, 6.45) is 6.21. The smallest absolute Gasteiger partial charge is 0.254 e. The Hall–Kier alpha value is -2.53. The van der Waals surface area contributed by atoms with Crippen LogP contribution in [0.4, 0.5) is 0 Å². The van der Waals surface area contributed by atoms with Crippen LogP contribution < -0.4 is 4.74 Å². The Bertz CT molecular complexity index is 976. The van der Waals surface area contributed by atoms with Crippen LogP contribution in [0.5, 0.6) is 5.75 Å². The Labute approximate surface area is 201 Å². The number of carbonyl (C=O) groups excluding carboxylic acids is 2. The maximum atomic E-state index is 12.6. The average molecular weight is 469 g/mol.